The van der Waals surface area contributed by atoms with E-state index in [1.165, 1.54) is 0 Å². The molecule has 3 heteroatoms. The molecule has 1 saturated carbocycles. The number of nitrogens with one attached hydrogen (secondary N) is 1. The lowest BCUT2D eigenvalue weighted by Gasteiger charge is -2.13. The molecule has 3 atom stereocenters. The van der Waals surface area contributed by atoms with Crippen molar-refractivity contribution in [3.05, 3.63) is 35.9 Å². The van der Waals surface area contributed by atoms with Crippen LogP contribution in [0.4, 0.5) is 0 Å². The number of carbonyl (C=O) groups is 1. The fraction of sp³-hybridized carbons (Fsp3) is 0.417. The maximum absolute atomic E-state index is 11.7. The number of rotatable bonds is 3. The molecule has 1 aliphatic carbocycles. The molecule has 0 aliphatic heterocycles. The van der Waals surface area contributed by atoms with Crippen LogP contribution in [0, 0.1) is 5.92 Å². The number of hydrogen-bond acceptors (Lipinski definition) is 1. The summed E-state index contributed by atoms with van der Waals surface area (Å²) in [5.41, 5.74) is 1.16. The highest BCUT2D eigenvalue weighted by Crippen LogP contribution is 2.38. The van der Waals surface area contributed by atoms with E-state index in [0.717, 1.165) is 12.0 Å². The van der Waals surface area contributed by atoms with Crippen molar-refractivity contribution in [1.82, 2.24) is 5.32 Å². The Bertz CT molecular complexity index is 352. The molecule has 80 valence electrons. The topological polar surface area (TPSA) is 29.1 Å². The van der Waals surface area contributed by atoms with Gasteiger partial charge in [-0.3, -0.25) is 4.79 Å². The van der Waals surface area contributed by atoms with Gasteiger partial charge in [0.25, 0.3) is 0 Å². The number of hydrogen-bond donors (Lipinski definition) is 1. The van der Waals surface area contributed by atoms with Gasteiger partial charge >= 0.3 is 0 Å². The van der Waals surface area contributed by atoms with E-state index in [4.69, 9.17) is 0 Å². The Morgan fingerprint density at radius 3 is 2.60 bits per heavy atom. The minimum Gasteiger partial charge on any atom is -0.349 e. The molecule has 0 aromatic heterocycles. The van der Waals surface area contributed by atoms with E-state index in [1.807, 2.05) is 37.3 Å². The van der Waals surface area contributed by atoms with Crippen LogP contribution in [0.5, 0.6) is 0 Å². The zero-order valence-electron chi connectivity index (χ0n) is 8.61. The predicted octanol–water partition coefficient (Wildman–Crippen LogP) is 2.69. The van der Waals surface area contributed by atoms with Crippen molar-refractivity contribution in [2.24, 2.45) is 5.92 Å². The zero-order chi connectivity index (χ0) is 10.8. The van der Waals surface area contributed by atoms with Gasteiger partial charge in [-0.15, -0.1) is 0 Å². The quantitative estimate of drug-likeness (QED) is 0.674. The summed E-state index contributed by atoms with van der Waals surface area (Å²) >= 11 is 2.33. The summed E-state index contributed by atoms with van der Waals surface area (Å²) in [6, 6.07) is 10.2. The molecule has 1 amide bonds. The average molecular weight is 315 g/mol. The molecular weight excluding hydrogens is 301 g/mol. The van der Waals surface area contributed by atoms with E-state index in [0.29, 0.717) is 3.92 Å². The lowest BCUT2D eigenvalue weighted by atomic mass is 10.1. The van der Waals surface area contributed by atoms with Gasteiger partial charge in [-0.2, -0.15) is 0 Å². The van der Waals surface area contributed by atoms with Crippen molar-refractivity contribution in [2.45, 2.75) is 23.3 Å². The molecular formula is C12H14INO. The first kappa shape index (κ1) is 10.9. The van der Waals surface area contributed by atoms with Crippen molar-refractivity contribution in [1.29, 1.82) is 0 Å². The Hall–Kier alpha value is -0.580. The van der Waals surface area contributed by atoms with E-state index in [9.17, 15) is 4.79 Å². The Balaban J connectivity index is 1.92. The van der Waals surface area contributed by atoms with Crippen molar-refractivity contribution in [3.8, 4) is 0 Å². The molecule has 0 spiro atoms. The van der Waals surface area contributed by atoms with Crippen LogP contribution >= 0.6 is 22.6 Å². The van der Waals surface area contributed by atoms with Gasteiger partial charge in [-0.1, -0.05) is 52.9 Å². The Morgan fingerprint density at radius 2 is 2.07 bits per heavy atom. The first-order valence-electron chi connectivity index (χ1n) is 5.18. The first-order chi connectivity index (χ1) is 7.18. The van der Waals surface area contributed by atoms with E-state index >= 15 is 0 Å². The van der Waals surface area contributed by atoms with Gasteiger partial charge in [0, 0.05) is 3.92 Å². The predicted molar refractivity (Wildman–Crippen MR) is 68.9 cm³/mol. The van der Waals surface area contributed by atoms with Crippen LogP contribution in [-0.4, -0.2) is 9.83 Å². The van der Waals surface area contributed by atoms with Crippen LogP contribution in [0.15, 0.2) is 30.3 Å². The molecule has 1 aromatic rings. The number of halogens is 1. The second-order valence-corrected chi connectivity index (χ2v) is 5.60. The largest absolute Gasteiger partial charge is 0.349 e. The van der Waals surface area contributed by atoms with E-state index in [2.05, 4.69) is 27.9 Å². The highest BCUT2D eigenvalue weighted by atomic mass is 127. The highest BCUT2D eigenvalue weighted by Gasteiger charge is 2.41. The summed E-state index contributed by atoms with van der Waals surface area (Å²) in [5.74, 6) is 0.447. The highest BCUT2D eigenvalue weighted by molar-refractivity contribution is 14.1. The van der Waals surface area contributed by atoms with Gasteiger partial charge < -0.3 is 5.32 Å². The molecule has 0 saturated heterocycles. The normalized spacial score (nSPS) is 25.7. The van der Waals surface area contributed by atoms with E-state index < -0.39 is 0 Å². The molecule has 2 nitrogen and oxygen atoms in total. The monoisotopic (exact) mass is 315 g/mol. The molecule has 0 heterocycles. The third-order valence-corrected chi connectivity index (χ3v) is 4.08. The van der Waals surface area contributed by atoms with Crippen LogP contribution in [0.3, 0.4) is 0 Å². The third-order valence-electron chi connectivity index (χ3n) is 2.71. The number of carbonyl (C=O) groups excluding carboxylic acids is 1. The Morgan fingerprint density at radius 1 is 1.47 bits per heavy atom. The molecule has 1 N–H and O–H groups in total. The molecule has 1 aliphatic rings. The minimum absolute atomic E-state index is 0.114. The van der Waals surface area contributed by atoms with Gasteiger partial charge in [0.05, 0.1) is 12.0 Å². The van der Waals surface area contributed by atoms with Crippen LogP contribution in [0.1, 0.15) is 24.9 Å². The third kappa shape index (κ3) is 2.71. The molecule has 1 fully saturated rings. The summed E-state index contributed by atoms with van der Waals surface area (Å²) < 4.78 is 0.547. The molecule has 0 radical (unpaired) electrons. The Labute approximate surface area is 104 Å². The number of amides is 1. The number of benzene rings is 1. The minimum atomic E-state index is 0.114. The lowest BCUT2D eigenvalue weighted by Crippen LogP contribution is -2.28. The SMILES string of the molecule is C[C@@H](NC(=O)[C@H]1C[C@H]1I)c1ccccc1. The van der Waals surface area contributed by atoms with E-state index in [-0.39, 0.29) is 17.9 Å². The van der Waals surface area contributed by atoms with Crippen LogP contribution in [-0.2, 0) is 4.79 Å². The maximum atomic E-state index is 11.7. The number of alkyl halides is 1. The summed E-state index contributed by atoms with van der Waals surface area (Å²) in [6.07, 6.45) is 1.04. The van der Waals surface area contributed by atoms with Gasteiger partial charge in [0.2, 0.25) is 5.91 Å². The summed E-state index contributed by atoms with van der Waals surface area (Å²) in [4.78, 5) is 11.7. The fourth-order valence-electron chi connectivity index (χ4n) is 1.58. The maximum Gasteiger partial charge on any atom is 0.224 e. The van der Waals surface area contributed by atoms with Crippen molar-refractivity contribution in [3.63, 3.8) is 0 Å². The second-order valence-electron chi connectivity index (χ2n) is 4.00. The van der Waals surface area contributed by atoms with Crippen molar-refractivity contribution >= 4 is 28.5 Å². The van der Waals surface area contributed by atoms with E-state index in [1.54, 1.807) is 0 Å². The standard InChI is InChI=1S/C12H14INO/c1-8(9-5-3-2-4-6-9)14-12(15)10-7-11(10)13/h2-6,8,10-11H,7H2,1H3,(H,14,15)/t8-,10+,11-/m1/s1. The van der Waals surface area contributed by atoms with Crippen LogP contribution < -0.4 is 5.32 Å². The van der Waals surface area contributed by atoms with Gasteiger partial charge in [-0.05, 0) is 18.9 Å². The smallest absolute Gasteiger partial charge is 0.224 e. The lowest BCUT2D eigenvalue weighted by molar-refractivity contribution is -0.122. The zero-order valence-corrected chi connectivity index (χ0v) is 10.8. The second kappa shape index (κ2) is 4.51. The van der Waals surface area contributed by atoms with Gasteiger partial charge in [-0.25, -0.2) is 0 Å². The van der Waals surface area contributed by atoms with Gasteiger partial charge in [0.15, 0.2) is 0 Å². The summed E-state index contributed by atoms with van der Waals surface area (Å²) in [6.45, 7) is 2.03. The average Bonchev–Trinajstić information content (AvgIpc) is 2.97. The first-order valence-corrected chi connectivity index (χ1v) is 6.42. The van der Waals surface area contributed by atoms with Gasteiger partial charge in [0.1, 0.15) is 0 Å². The van der Waals surface area contributed by atoms with Crippen LogP contribution in [0.25, 0.3) is 0 Å². The summed E-state index contributed by atoms with van der Waals surface area (Å²) in [5, 5.41) is 3.04. The van der Waals surface area contributed by atoms with Crippen molar-refractivity contribution < 1.29 is 4.79 Å². The fourth-order valence-corrected chi connectivity index (χ4v) is 2.46. The molecule has 0 unspecified atom stereocenters. The molecule has 2 rings (SSSR count). The molecule has 1 aromatic carbocycles. The van der Waals surface area contributed by atoms with Crippen molar-refractivity contribution in [2.75, 3.05) is 0 Å². The summed E-state index contributed by atoms with van der Waals surface area (Å²) in [7, 11) is 0. The Kier molecular flexibility index (Phi) is 3.29. The van der Waals surface area contributed by atoms with Crippen LogP contribution in [0.2, 0.25) is 0 Å². The molecule has 0 bridgehead atoms. The molecule has 15 heavy (non-hydrogen) atoms.